The zero-order chi connectivity index (χ0) is 57.3. The predicted octanol–water partition coefficient (Wildman–Crippen LogP) is 23.5. The lowest BCUT2D eigenvalue weighted by molar-refractivity contribution is 0.400. The summed E-state index contributed by atoms with van der Waals surface area (Å²) < 4.78 is 0. The van der Waals surface area contributed by atoms with Gasteiger partial charge in [-0.05, 0) is 129 Å². The molecule has 416 valence electrons. The van der Waals surface area contributed by atoms with Gasteiger partial charge in [-0.15, -0.1) is 0 Å². The van der Waals surface area contributed by atoms with Gasteiger partial charge >= 0.3 is 0 Å². The molecule has 7 aromatic carbocycles. The highest BCUT2D eigenvalue weighted by Crippen LogP contribution is 2.55. The Morgan fingerprint density at radius 2 is 0.901 bits per heavy atom. The van der Waals surface area contributed by atoms with Crippen molar-refractivity contribution in [2.75, 3.05) is 0 Å². The second-order valence-electron chi connectivity index (χ2n) is 25.4. The van der Waals surface area contributed by atoms with Gasteiger partial charge in [0.1, 0.15) is 0 Å². The molecule has 0 fully saturated rings. The van der Waals surface area contributed by atoms with Gasteiger partial charge in [0.15, 0.2) is 0 Å². The number of unbranched alkanes of at least 4 members (excludes halogenated alkanes) is 6. The van der Waals surface area contributed by atoms with E-state index < -0.39 is 0 Å². The van der Waals surface area contributed by atoms with E-state index in [2.05, 4.69) is 265 Å². The van der Waals surface area contributed by atoms with Gasteiger partial charge in [-0.3, -0.25) is 0 Å². The molecule has 1 aromatic heterocycles. The number of hydrogen-bond acceptors (Lipinski definition) is 2. The molecule has 0 N–H and O–H groups in total. The molecule has 81 heavy (non-hydrogen) atoms. The minimum Gasteiger partial charge on any atom is -0.243 e. The molecule has 1 aliphatic carbocycles. The molecule has 0 bridgehead atoms. The van der Waals surface area contributed by atoms with Crippen LogP contribution in [0.3, 0.4) is 0 Å². The van der Waals surface area contributed by atoms with Crippen LogP contribution in [0.25, 0.3) is 83.6 Å². The lowest BCUT2D eigenvalue weighted by atomic mass is 9.69. The molecule has 0 spiro atoms. The van der Waals surface area contributed by atoms with Gasteiger partial charge in [0.25, 0.3) is 0 Å². The Bertz CT molecular complexity index is 3560. The van der Waals surface area contributed by atoms with E-state index in [0.29, 0.717) is 0 Å². The van der Waals surface area contributed by atoms with E-state index in [9.17, 15) is 0 Å². The predicted molar refractivity (Wildman–Crippen MR) is 354 cm³/mol. The summed E-state index contributed by atoms with van der Waals surface area (Å²) in [6.07, 6.45) is 23.8. The first kappa shape index (κ1) is 58.5. The Kier molecular flexibility index (Phi) is 18.6. The first-order chi connectivity index (χ1) is 39.0. The zero-order valence-corrected chi connectivity index (χ0v) is 51.2. The molecule has 0 unspecified atom stereocenters. The number of benzene rings is 7. The summed E-state index contributed by atoms with van der Waals surface area (Å²) in [5.41, 5.74) is 26.5. The molecular weight excluding hydrogens is 977 g/mol. The number of aromatic nitrogens is 2. The molecule has 1 heterocycles. The Morgan fingerprint density at radius 1 is 0.432 bits per heavy atom. The second kappa shape index (κ2) is 25.7. The maximum atomic E-state index is 5.87. The Balaban J connectivity index is 1.21. The van der Waals surface area contributed by atoms with Crippen molar-refractivity contribution >= 4 is 27.8 Å². The van der Waals surface area contributed by atoms with Crippen LogP contribution in [0, 0.1) is 5.41 Å². The molecule has 2 heteroatoms. The van der Waals surface area contributed by atoms with E-state index in [0.717, 1.165) is 63.1 Å². The van der Waals surface area contributed by atoms with E-state index in [1.165, 1.54) is 125 Å². The lowest BCUT2D eigenvalue weighted by Crippen LogP contribution is -2.26. The highest BCUT2D eigenvalue weighted by Gasteiger charge is 2.43. The van der Waals surface area contributed by atoms with Gasteiger partial charge in [-0.2, -0.15) is 0 Å². The maximum Gasteiger partial charge on any atom is 0.0976 e. The van der Waals surface area contributed by atoms with Crippen LogP contribution in [0.4, 0.5) is 0 Å². The molecule has 0 radical (unpaired) electrons. The fraction of sp³-hybridized carbons (Fsp3) is 0.342. The van der Waals surface area contributed by atoms with Crippen molar-refractivity contribution in [3.05, 3.63) is 221 Å². The third-order valence-corrected chi connectivity index (χ3v) is 17.5. The number of fused-ring (bicyclic) bond motifs is 4. The zero-order valence-electron chi connectivity index (χ0n) is 51.2. The summed E-state index contributed by atoms with van der Waals surface area (Å²) in [6, 6.07) is 58.7. The van der Waals surface area contributed by atoms with Gasteiger partial charge in [0.2, 0.25) is 0 Å². The molecule has 0 amide bonds. The van der Waals surface area contributed by atoms with Gasteiger partial charge in [-0.25, -0.2) is 9.97 Å². The summed E-state index contributed by atoms with van der Waals surface area (Å²) in [5, 5.41) is 0. The van der Waals surface area contributed by atoms with E-state index in [1.807, 2.05) is 0 Å². The topological polar surface area (TPSA) is 25.8 Å². The fourth-order valence-electron chi connectivity index (χ4n) is 12.1. The smallest absolute Gasteiger partial charge is 0.0976 e. The van der Waals surface area contributed by atoms with Crippen LogP contribution in [0.1, 0.15) is 194 Å². The van der Waals surface area contributed by atoms with Crippen molar-refractivity contribution in [3.8, 4) is 55.9 Å². The van der Waals surface area contributed by atoms with Crippen molar-refractivity contribution in [2.24, 2.45) is 5.41 Å². The maximum absolute atomic E-state index is 5.87. The van der Waals surface area contributed by atoms with Gasteiger partial charge in [0.05, 0.1) is 22.4 Å². The molecular formula is C79H90N2. The summed E-state index contributed by atoms with van der Waals surface area (Å²) in [6.45, 7) is 27.7. The summed E-state index contributed by atoms with van der Waals surface area (Å²) in [7, 11) is 0. The van der Waals surface area contributed by atoms with Crippen LogP contribution in [0.5, 0.6) is 0 Å². The van der Waals surface area contributed by atoms with Crippen LogP contribution in [0.15, 0.2) is 188 Å². The number of rotatable bonds is 21. The minimum atomic E-state index is 0.00239. The Labute approximate surface area is 488 Å². The third-order valence-electron chi connectivity index (χ3n) is 17.5. The van der Waals surface area contributed by atoms with Crippen molar-refractivity contribution < 1.29 is 0 Å². The quantitative estimate of drug-likeness (QED) is 0.0529. The van der Waals surface area contributed by atoms with E-state index >= 15 is 0 Å². The van der Waals surface area contributed by atoms with E-state index in [-0.39, 0.29) is 16.2 Å². The first-order valence-electron chi connectivity index (χ1n) is 30.7. The van der Waals surface area contributed by atoms with Crippen molar-refractivity contribution in [2.45, 2.75) is 171 Å². The lowest BCUT2D eigenvalue weighted by Gasteiger charge is -2.34. The molecule has 9 rings (SSSR count). The Morgan fingerprint density at radius 3 is 1.41 bits per heavy atom. The van der Waals surface area contributed by atoms with Crippen LogP contribution in [-0.4, -0.2) is 9.97 Å². The van der Waals surface area contributed by atoms with Crippen molar-refractivity contribution in [1.29, 1.82) is 0 Å². The minimum absolute atomic E-state index is 0.00239. The van der Waals surface area contributed by atoms with Crippen LogP contribution >= 0.6 is 0 Å². The standard InChI is InChI=1S/C79H90N2/c1-13-16-18-26-51-79(52-27-19-17-14-2)71-53-65(45-47-69(71)70-48-46-66(54-72(70)79)78(10,11)12)55(4)34-36-62(28-15-3)68-50-49-67(56(5)33-35-57(6)77(7,8)9)75-76(68)81-74(64-43-39-61(40-44-64)59-31-24-21-25-32-59)73(80-75)63-41-37-60(38-42-63)58-29-22-20-23-30-58/h20-25,29-50,53-54H,13-19,26-28,51-52H2,1-12H3/b55-34+,56-33+,57-35+,62-36+. The number of nitrogens with zero attached hydrogens (tertiary/aromatic N) is 2. The molecule has 1 aliphatic rings. The molecule has 0 aliphatic heterocycles. The highest BCUT2D eigenvalue weighted by molar-refractivity contribution is 5.99. The second-order valence-corrected chi connectivity index (χ2v) is 25.4. The van der Waals surface area contributed by atoms with Crippen LogP contribution in [0.2, 0.25) is 0 Å². The molecule has 0 saturated heterocycles. The SMILES string of the molecule is CCCCCCC1(CCCCCC)c2cc(/C(C)=C/C=C(\CCC)c3ccc(/C(C)=C/C=C(\C)C(C)(C)C)c4nc(-c5ccc(-c6ccccc6)cc5)c(-c5ccc(-c6ccccc6)cc5)nc34)ccc2-c2ccc(C(C)(C)C)cc21. The number of hydrogen-bond donors (Lipinski definition) is 0. The normalized spacial score (nSPS) is 13.9. The van der Waals surface area contributed by atoms with Gasteiger partial charge in [-0.1, -0.05) is 302 Å². The van der Waals surface area contributed by atoms with E-state index in [4.69, 9.17) is 9.97 Å². The van der Waals surface area contributed by atoms with E-state index in [1.54, 1.807) is 11.1 Å². The summed E-state index contributed by atoms with van der Waals surface area (Å²) in [4.78, 5) is 11.7. The Hall–Kier alpha value is -7.16. The highest BCUT2D eigenvalue weighted by atomic mass is 14.8. The molecule has 2 nitrogen and oxygen atoms in total. The summed E-state index contributed by atoms with van der Waals surface area (Å²) >= 11 is 0. The van der Waals surface area contributed by atoms with Crippen molar-refractivity contribution in [1.82, 2.24) is 9.97 Å². The van der Waals surface area contributed by atoms with Crippen LogP contribution in [-0.2, 0) is 10.8 Å². The van der Waals surface area contributed by atoms with Gasteiger partial charge in [0, 0.05) is 27.7 Å². The molecule has 8 aromatic rings. The van der Waals surface area contributed by atoms with Crippen molar-refractivity contribution in [3.63, 3.8) is 0 Å². The number of allylic oxidation sites excluding steroid dienone is 8. The fourth-order valence-corrected chi connectivity index (χ4v) is 12.1. The largest absolute Gasteiger partial charge is 0.243 e. The van der Waals surface area contributed by atoms with Gasteiger partial charge < -0.3 is 0 Å². The first-order valence-corrected chi connectivity index (χ1v) is 30.7. The van der Waals surface area contributed by atoms with Crippen LogP contribution < -0.4 is 0 Å². The molecule has 0 atom stereocenters. The third kappa shape index (κ3) is 13.1. The summed E-state index contributed by atoms with van der Waals surface area (Å²) in [5.74, 6) is 0. The monoisotopic (exact) mass is 1070 g/mol. The molecule has 0 saturated carbocycles. The average molecular weight is 1070 g/mol. The average Bonchev–Trinajstić information content (AvgIpc) is 3.95.